The predicted molar refractivity (Wildman–Crippen MR) is 69.9 cm³/mol. The minimum atomic E-state index is 0.499. The van der Waals surface area contributed by atoms with Crippen molar-refractivity contribution in [3.63, 3.8) is 0 Å². The van der Waals surface area contributed by atoms with Crippen molar-refractivity contribution in [1.82, 2.24) is 14.8 Å². The molecule has 1 aromatic carbocycles. The fourth-order valence-electron chi connectivity index (χ4n) is 1.94. The Morgan fingerprint density at radius 3 is 2.94 bits per heavy atom. The minimum absolute atomic E-state index is 0.499. The van der Waals surface area contributed by atoms with Gasteiger partial charge in [-0.1, -0.05) is 19.1 Å². The van der Waals surface area contributed by atoms with Gasteiger partial charge in [0, 0.05) is 13.2 Å². The summed E-state index contributed by atoms with van der Waals surface area (Å²) in [6.07, 6.45) is 2.79. The monoisotopic (exact) mass is 242 g/mol. The second-order valence-corrected chi connectivity index (χ2v) is 4.13. The standard InChI is InChI=1S/C13H14N4O/c1-3-9-11(8-17(2)16-9)15-13-14-10-6-4-5-7-12(10)18-13/h4-8H,3H2,1-2H3,(H,14,15). The molecule has 5 heteroatoms. The minimum Gasteiger partial charge on any atom is -0.423 e. The first kappa shape index (κ1) is 10.8. The Morgan fingerprint density at radius 2 is 2.17 bits per heavy atom. The lowest BCUT2D eigenvalue weighted by Gasteiger charge is -1.98. The molecule has 18 heavy (non-hydrogen) atoms. The van der Waals surface area contributed by atoms with Crippen LogP contribution in [0.4, 0.5) is 11.7 Å². The van der Waals surface area contributed by atoms with Gasteiger partial charge in [0.1, 0.15) is 5.52 Å². The van der Waals surface area contributed by atoms with Gasteiger partial charge in [-0.15, -0.1) is 0 Å². The lowest BCUT2D eigenvalue weighted by molar-refractivity contribution is 0.623. The van der Waals surface area contributed by atoms with Gasteiger partial charge in [-0.3, -0.25) is 4.68 Å². The van der Waals surface area contributed by atoms with Gasteiger partial charge in [0.25, 0.3) is 6.01 Å². The molecule has 5 nitrogen and oxygen atoms in total. The third-order valence-electron chi connectivity index (χ3n) is 2.78. The van der Waals surface area contributed by atoms with Gasteiger partial charge < -0.3 is 9.73 Å². The number of para-hydroxylation sites is 2. The van der Waals surface area contributed by atoms with E-state index in [1.165, 1.54) is 0 Å². The Balaban J connectivity index is 1.95. The number of anilines is 2. The number of rotatable bonds is 3. The molecule has 2 aromatic heterocycles. The average Bonchev–Trinajstić information content (AvgIpc) is 2.92. The number of hydrogen-bond donors (Lipinski definition) is 1. The molecular formula is C13H14N4O. The summed E-state index contributed by atoms with van der Waals surface area (Å²) in [5.41, 5.74) is 3.56. The number of benzene rings is 1. The molecule has 92 valence electrons. The van der Waals surface area contributed by atoms with Crippen LogP contribution in [0.3, 0.4) is 0 Å². The number of fused-ring (bicyclic) bond motifs is 1. The fourth-order valence-corrected chi connectivity index (χ4v) is 1.94. The number of nitrogens with one attached hydrogen (secondary N) is 1. The highest BCUT2D eigenvalue weighted by atomic mass is 16.4. The Morgan fingerprint density at radius 1 is 1.33 bits per heavy atom. The summed E-state index contributed by atoms with van der Waals surface area (Å²) in [4.78, 5) is 4.38. The summed E-state index contributed by atoms with van der Waals surface area (Å²) in [7, 11) is 1.90. The van der Waals surface area contributed by atoms with Crippen molar-refractivity contribution in [3.05, 3.63) is 36.2 Å². The quantitative estimate of drug-likeness (QED) is 0.767. The van der Waals surface area contributed by atoms with E-state index in [9.17, 15) is 0 Å². The molecule has 0 radical (unpaired) electrons. The fraction of sp³-hybridized carbons (Fsp3) is 0.231. The molecule has 0 saturated carbocycles. The Hall–Kier alpha value is -2.30. The largest absolute Gasteiger partial charge is 0.423 e. The smallest absolute Gasteiger partial charge is 0.300 e. The first-order chi connectivity index (χ1) is 8.76. The van der Waals surface area contributed by atoms with Gasteiger partial charge in [0.15, 0.2) is 5.58 Å². The van der Waals surface area contributed by atoms with Crippen molar-refractivity contribution in [2.75, 3.05) is 5.32 Å². The number of oxazole rings is 1. The zero-order valence-corrected chi connectivity index (χ0v) is 10.3. The molecule has 0 aliphatic heterocycles. The van der Waals surface area contributed by atoms with E-state index in [1.54, 1.807) is 4.68 Å². The van der Waals surface area contributed by atoms with Crippen LogP contribution in [0, 0.1) is 0 Å². The van der Waals surface area contributed by atoms with Gasteiger partial charge in [-0.05, 0) is 18.6 Å². The van der Waals surface area contributed by atoms with Crippen LogP contribution in [0.25, 0.3) is 11.1 Å². The van der Waals surface area contributed by atoms with Crippen LogP contribution in [0.15, 0.2) is 34.9 Å². The SMILES string of the molecule is CCc1nn(C)cc1Nc1nc2ccccc2o1. The number of aromatic nitrogens is 3. The third-order valence-corrected chi connectivity index (χ3v) is 2.78. The highest BCUT2D eigenvalue weighted by molar-refractivity contribution is 5.75. The molecule has 0 unspecified atom stereocenters. The molecule has 0 atom stereocenters. The second-order valence-electron chi connectivity index (χ2n) is 4.13. The zero-order chi connectivity index (χ0) is 12.5. The van der Waals surface area contributed by atoms with Gasteiger partial charge in [-0.2, -0.15) is 10.1 Å². The van der Waals surface area contributed by atoms with Gasteiger partial charge in [0.2, 0.25) is 0 Å². The second kappa shape index (κ2) is 4.18. The summed E-state index contributed by atoms with van der Waals surface area (Å²) < 4.78 is 7.40. The molecule has 0 bridgehead atoms. The van der Waals surface area contributed by atoms with E-state index in [0.29, 0.717) is 6.01 Å². The molecule has 0 saturated heterocycles. The van der Waals surface area contributed by atoms with E-state index in [-0.39, 0.29) is 0 Å². The molecule has 0 aliphatic carbocycles. The van der Waals surface area contributed by atoms with Crippen LogP contribution in [0.5, 0.6) is 0 Å². The summed E-state index contributed by atoms with van der Waals surface area (Å²) >= 11 is 0. The highest BCUT2D eigenvalue weighted by Gasteiger charge is 2.10. The van der Waals surface area contributed by atoms with Crippen LogP contribution >= 0.6 is 0 Å². The van der Waals surface area contributed by atoms with Gasteiger partial charge in [-0.25, -0.2) is 0 Å². The summed E-state index contributed by atoms with van der Waals surface area (Å²) in [5, 5.41) is 7.54. The molecule has 3 aromatic rings. The lowest BCUT2D eigenvalue weighted by Crippen LogP contribution is -1.93. The van der Waals surface area contributed by atoms with E-state index >= 15 is 0 Å². The summed E-state index contributed by atoms with van der Waals surface area (Å²) in [6, 6.07) is 8.19. The molecule has 3 rings (SSSR count). The maximum absolute atomic E-state index is 5.62. The van der Waals surface area contributed by atoms with Gasteiger partial charge >= 0.3 is 0 Å². The number of aryl methyl sites for hydroxylation is 2. The van der Waals surface area contributed by atoms with Gasteiger partial charge in [0.05, 0.1) is 11.4 Å². The van der Waals surface area contributed by atoms with E-state index in [2.05, 4.69) is 22.3 Å². The molecular weight excluding hydrogens is 228 g/mol. The van der Waals surface area contributed by atoms with Crippen molar-refractivity contribution >= 4 is 22.8 Å². The zero-order valence-electron chi connectivity index (χ0n) is 10.3. The van der Waals surface area contributed by atoms with Crippen LogP contribution in [0.2, 0.25) is 0 Å². The van der Waals surface area contributed by atoms with Crippen LogP contribution in [-0.4, -0.2) is 14.8 Å². The van der Waals surface area contributed by atoms with Crippen LogP contribution in [0.1, 0.15) is 12.6 Å². The summed E-state index contributed by atoms with van der Waals surface area (Å²) in [6.45, 7) is 2.07. The predicted octanol–water partition coefficient (Wildman–Crippen LogP) is 2.87. The maximum atomic E-state index is 5.62. The van der Waals surface area contributed by atoms with E-state index in [4.69, 9.17) is 4.42 Å². The van der Waals surface area contributed by atoms with Crippen molar-refractivity contribution in [3.8, 4) is 0 Å². The molecule has 1 N–H and O–H groups in total. The van der Waals surface area contributed by atoms with Crippen molar-refractivity contribution in [2.45, 2.75) is 13.3 Å². The first-order valence-electron chi connectivity index (χ1n) is 5.91. The van der Waals surface area contributed by atoms with E-state index < -0.39 is 0 Å². The molecule has 0 amide bonds. The lowest BCUT2D eigenvalue weighted by atomic mass is 10.3. The Kier molecular flexibility index (Phi) is 2.51. The van der Waals surface area contributed by atoms with Crippen LogP contribution in [-0.2, 0) is 13.5 Å². The molecule has 2 heterocycles. The topological polar surface area (TPSA) is 55.9 Å². The Bertz CT molecular complexity index is 650. The normalized spacial score (nSPS) is 11.0. The van der Waals surface area contributed by atoms with Crippen molar-refractivity contribution in [2.24, 2.45) is 7.05 Å². The third kappa shape index (κ3) is 1.84. The maximum Gasteiger partial charge on any atom is 0.300 e. The average molecular weight is 242 g/mol. The van der Waals surface area contributed by atoms with E-state index in [1.807, 2.05) is 37.5 Å². The Labute approximate surface area is 104 Å². The first-order valence-corrected chi connectivity index (χ1v) is 5.91. The van der Waals surface area contributed by atoms with Crippen LogP contribution < -0.4 is 5.32 Å². The van der Waals surface area contributed by atoms with E-state index in [0.717, 1.165) is 28.9 Å². The molecule has 0 spiro atoms. The molecule has 0 fully saturated rings. The molecule has 0 aliphatic rings. The van der Waals surface area contributed by atoms with Crippen molar-refractivity contribution < 1.29 is 4.42 Å². The van der Waals surface area contributed by atoms with Crippen molar-refractivity contribution in [1.29, 1.82) is 0 Å². The number of nitrogens with zero attached hydrogens (tertiary/aromatic N) is 3. The number of hydrogen-bond acceptors (Lipinski definition) is 4. The summed E-state index contributed by atoms with van der Waals surface area (Å²) in [5.74, 6) is 0. The highest BCUT2D eigenvalue weighted by Crippen LogP contribution is 2.23.